The first-order chi connectivity index (χ1) is 9.48. The molecule has 0 spiro atoms. The van der Waals surface area contributed by atoms with Crippen LogP contribution in [0.3, 0.4) is 0 Å². The van der Waals surface area contributed by atoms with Gasteiger partial charge in [0.25, 0.3) is 0 Å². The zero-order chi connectivity index (χ0) is 15.0. The van der Waals surface area contributed by atoms with Crippen molar-refractivity contribution in [2.45, 2.75) is 58.3 Å². The van der Waals surface area contributed by atoms with Crippen LogP contribution in [-0.4, -0.2) is 12.6 Å². The van der Waals surface area contributed by atoms with Crippen molar-refractivity contribution in [2.75, 3.05) is 12.3 Å². The van der Waals surface area contributed by atoms with Gasteiger partial charge in [-0.05, 0) is 38.0 Å². The van der Waals surface area contributed by atoms with Crippen LogP contribution in [-0.2, 0) is 14.9 Å². The number of nitrogens with two attached hydrogens (primary N) is 1. The Morgan fingerprint density at radius 3 is 2.30 bits per heavy atom. The molecule has 0 aliphatic carbocycles. The first-order valence-electron chi connectivity index (χ1n) is 7.51. The van der Waals surface area contributed by atoms with Crippen molar-refractivity contribution in [1.29, 1.82) is 0 Å². The lowest BCUT2D eigenvalue weighted by molar-refractivity contribution is -0.149. The summed E-state index contributed by atoms with van der Waals surface area (Å²) in [5.74, 6) is -0.169. The number of hydrogen-bond donors (Lipinski definition) is 1. The van der Waals surface area contributed by atoms with Gasteiger partial charge in [0.15, 0.2) is 0 Å². The highest BCUT2D eigenvalue weighted by Crippen LogP contribution is 2.25. The highest BCUT2D eigenvalue weighted by molar-refractivity contribution is 5.82. The van der Waals surface area contributed by atoms with Crippen molar-refractivity contribution in [1.82, 2.24) is 0 Å². The number of carbonyl (C=O) groups is 1. The van der Waals surface area contributed by atoms with E-state index in [1.807, 2.05) is 38.1 Å². The Morgan fingerprint density at radius 2 is 1.70 bits per heavy atom. The van der Waals surface area contributed by atoms with Crippen molar-refractivity contribution in [2.24, 2.45) is 0 Å². The summed E-state index contributed by atoms with van der Waals surface area (Å²) >= 11 is 0. The lowest BCUT2D eigenvalue weighted by Crippen LogP contribution is -2.31. The average molecular weight is 277 g/mol. The van der Waals surface area contributed by atoms with Crippen LogP contribution in [0.2, 0.25) is 0 Å². The van der Waals surface area contributed by atoms with Crippen molar-refractivity contribution in [3.05, 3.63) is 29.8 Å². The third kappa shape index (κ3) is 4.87. The van der Waals surface area contributed by atoms with E-state index in [9.17, 15) is 4.79 Å². The molecule has 0 radical (unpaired) electrons. The number of ether oxygens (including phenoxy) is 1. The maximum atomic E-state index is 12.2. The van der Waals surface area contributed by atoms with E-state index in [1.165, 1.54) is 19.3 Å². The molecule has 1 aromatic carbocycles. The third-order valence-corrected chi connectivity index (χ3v) is 3.62. The summed E-state index contributed by atoms with van der Waals surface area (Å²) in [6.07, 6.45) is 5.78. The molecular formula is C17H27NO2. The van der Waals surface area contributed by atoms with Gasteiger partial charge in [0, 0.05) is 5.69 Å². The summed E-state index contributed by atoms with van der Waals surface area (Å²) in [5.41, 5.74) is 6.68. The smallest absolute Gasteiger partial charge is 0.315 e. The lowest BCUT2D eigenvalue weighted by atomic mass is 9.85. The zero-order valence-electron chi connectivity index (χ0n) is 12.9. The molecule has 0 unspecified atom stereocenters. The molecule has 2 N–H and O–H groups in total. The fraction of sp³-hybridized carbons (Fsp3) is 0.588. The molecule has 0 heterocycles. The molecule has 20 heavy (non-hydrogen) atoms. The van der Waals surface area contributed by atoms with Gasteiger partial charge in [-0.2, -0.15) is 0 Å². The minimum atomic E-state index is -0.628. The summed E-state index contributed by atoms with van der Waals surface area (Å²) in [7, 11) is 0. The van der Waals surface area contributed by atoms with Crippen LogP contribution in [0.4, 0.5) is 5.69 Å². The molecule has 0 atom stereocenters. The predicted molar refractivity (Wildman–Crippen MR) is 83.6 cm³/mol. The van der Waals surface area contributed by atoms with Gasteiger partial charge >= 0.3 is 5.97 Å². The van der Waals surface area contributed by atoms with Gasteiger partial charge in [-0.3, -0.25) is 4.79 Å². The van der Waals surface area contributed by atoms with E-state index in [4.69, 9.17) is 10.5 Å². The number of unbranched alkanes of at least 4 members (excludes halogenated alkanes) is 4. The highest BCUT2D eigenvalue weighted by atomic mass is 16.5. The molecule has 112 valence electrons. The van der Waals surface area contributed by atoms with E-state index in [2.05, 4.69) is 6.92 Å². The zero-order valence-corrected chi connectivity index (χ0v) is 12.9. The van der Waals surface area contributed by atoms with Gasteiger partial charge in [-0.25, -0.2) is 0 Å². The third-order valence-electron chi connectivity index (χ3n) is 3.62. The van der Waals surface area contributed by atoms with E-state index in [-0.39, 0.29) is 5.97 Å². The second kappa shape index (κ2) is 7.93. The van der Waals surface area contributed by atoms with E-state index in [0.717, 1.165) is 18.4 Å². The molecular weight excluding hydrogens is 250 g/mol. The summed E-state index contributed by atoms with van der Waals surface area (Å²) in [6.45, 7) is 6.48. The van der Waals surface area contributed by atoms with E-state index >= 15 is 0 Å². The van der Waals surface area contributed by atoms with Gasteiger partial charge in [0.1, 0.15) is 0 Å². The van der Waals surface area contributed by atoms with Crippen LogP contribution in [0.25, 0.3) is 0 Å². The molecule has 0 fully saturated rings. The second-order valence-corrected chi connectivity index (χ2v) is 5.80. The minimum absolute atomic E-state index is 0.169. The highest BCUT2D eigenvalue weighted by Gasteiger charge is 2.31. The maximum Gasteiger partial charge on any atom is 0.315 e. The van der Waals surface area contributed by atoms with E-state index in [0.29, 0.717) is 12.3 Å². The van der Waals surface area contributed by atoms with Crippen molar-refractivity contribution in [3.8, 4) is 0 Å². The first kappa shape index (κ1) is 16.5. The van der Waals surface area contributed by atoms with Crippen molar-refractivity contribution >= 4 is 11.7 Å². The molecule has 1 aromatic rings. The average Bonchev–Trinajstić information content (AvgIpc) is 2.43. The van der Waals surface area contributed by atoms with Gasteiger partial charge in [-0.1, -0.05) is 44.7 Å². The Hall–Kier alpha value is -1.51. The number of nitrogen functional groups attached to an aromatic ring is 1. The molecule has 1 rings (SSSR count). The van der Waals surface area contributed by atoms with Crippen molar-refractivity contribution < 1.29 is 9.53 Å². The van der Waals surface area contributed by atoms with Gasteiger partial charge in [-0.15, -0.1) is 0 Å². The Kier molecular flexibility index (Phi) is 6.56. The van der Waals surface area contributed by atoms with Crippen molar-refractivity contribution in [3.63, 3.8) is 0 Å². The maximum absolute atomic E-state index is 12.2. The molecule has 3 heteroatoms. The fourth-order valence-corrected chi connectivity index (χ4v) is 2.07. The topological polar surface area (TPSA) is 52.3 Å². The molecule has 0 amide bonds. The van der Waals surface area contributed by atoms with Crippen LogP contribution in [0.5, 0.6) is 0 Å². The fourth-order valence-electron chi connectivity index (χ4n) is 2.07. The van der Waals surface area contributed by atoms with Gasteiger partial charge < -0.3 is 10.5 Å². The Balaban J connectivity index is 2.43. The molecule has 0 bridgehead atoms. The number of carbonyl (C=O) groups excluding carboxylic acids is 1. The van der Waals surface area contributed by atoms with Gasteiger partial charge in [0.2, 0.25) is 0 Å². The van der Waals surface area contributed by atoms with Crippen LogP contribution < -0.4 is 5.73 Å². The summed E-state index contributed by atoms with van der Waals surface area (Å²) in [4.78, 5) is 12.2. The number of benzene rings is 1. The monoisotopic (exact) mass is 277 g/mol. The first-order valence-corrected chi connectivity index (χ1v) is 7.51. The standard InChI is InChI=1S/C17H27NO2/c1-4-5-6-7-8-13-20-16(19)17(2,3)14-9-11-15(18)12-10-14/h9-12H,4-8,13,18H2,1-3H3. The van der Waals surface area contributed by atoms with Crippen LogP contribution >= 0.6 is 0 Å². The number of esters is 1. The number of rotatable bonds is 8. The van der Waals surface area contributed by atoms with Crippen LogP contribution in [0.1, 0.15) is 58.4 Å². The molecule has 0 saturated carbocycles. The molecule has 0 aliphatic heterocycles. The molecule has 3 nitrogen and oxygen atoms in total. The normalized spacial score (nSPS) is 11.3. The van der Waals surface area contributed by atoms with Crippen LogP contribution in [0, 0.1) is 0 Å². The lowest BCUT2D eigenvalue weighted by Gasteiger charge is -2.23. The van der Waals surface area contributed by atoms with Crippen LogP contribution in [0.15, 0.2) is 24.3 Å². The Labute approximate surface area is 122 Å². The predicted octanol–water partition coefficient (Wildman–Crippen LogP) is 4.06. The Bertz CT molecular complexity index is 410. The minimum Gasteiger partial charge on any atom is -0.465 e. The largest absolute Gasteiger partial charge is 0.465 e. The van der Waals surface area contributed by atoms with Gasteiger partial charge in [0.05, 0.1) is 12.0 Å². The van der Waals surface area contributed by atoms with E-state index < -0.39 is 5.41 Å². The number of hydrogen-bond acceptors (Lipinski definition) is 3. The summed E-state index contributed by atoms with van der Waals surface area (Å²) < 4.78 is 5.40. The second-order valence-electron chi connectivity index (χ2n) is 5.80. The summed E-state index contributed by atoms with van der Waals surface area (Å²) in [6, 6.07) is 7.40. The number of anilines is 1. The molecule has 0 aliphatic rings. The SMILES string of the molecule is CCCCCCCOC(=O)C(C)(C)c1ccc(N)cc1. The molecule has 0 saturated heterocycles. The Morgan fingerprint density at radius 1 is 1.10 bits per heavy atom. The van der Waals surface area contributed by atoms with E-state index in [1.54, 1.807) is 0 Å². The summed E-state index contributed by atoms with van der Waals surface area (Å²) in [5, 5.41) is 0. The molecule has 0 aromatic heterocycles. The quantitative estimate of drug-likeness (QED) is 0.443.